The third-order valence-electron chi connectivity index (χ3n) is 4.20. The van der Waals surface area contributed by atoms with Crippen molar-refractivity contribution in [1.29, 1.82) is 0 Å². The molecule has 0 saturated heterocycles. The first-order chi connectivity index (χ1) is 9.13. The molecule has 1 saturated carbocycles. The van der Waals surface area contributed by atoms with E-state index in [2.05, 4.69) is 24.3 Å². The van der Waals surface area contributed by atoms with Gasteiger partial charge in [0.1, 0.15) is 0 Å². The molecule has 2 aliphatic carbocycles. The van der Waals surface area contributed by atoms with Gasteiger partial charge >= 0.3 is 5.97 Å². The third-order valence-corrected chi connectivity index (χ3v) is 4.20. The molecule has 100 valence electrons. The number of carbonyl (C=O) groups is 1. The van der Waals surface area contributed by atoms with Crippen LogP contribution in [0.4, 0.5) is 0 Å². The zero-order valence-electron chi connectivity index (χ0n) is 11.5. The Morgan fingerprint density at radius 2 is 1.89 bits per heavy atom. The molecule has 3 atom stereocenters. The molecular formula is C17H20O2. The van der Waals surface area contributed by atoms with E-state index < -0.39 is 0 Å². The van der Waals surface area contributed by atoms with Crippen LogP contribution in [0.3, 0.4) is 0 Å². The molecule has 2 heteroatoms. The van der Waals surface area contributed by atoms with E-state index in [1.807, 2.05) is 26.0 Å². The van der Waals surface area contributed by atoms with Gasteiger partial charge in [-0.3, -0.25) is 0 Å². The van der Waals surface area contributed by atoms with Crippen LogP contribution in [0.5, 0.6) is 0 Å². The molecule has 0 aliphatic heterocycles. The summed E-state index contributed by atoms with van der Waals surface area (Å²) >= 11 is 0. The first-order valence-corrected chi connectivity index (χ1v) is 7.13. The van der Waals surface area contributed by atoms with Crippen LogP contribution < -0.4 is 0 Å². The van der Waals surface area contributed by atoms with Crippen molar-refractivity contribution in [3.63, 3.8) is 0 Å². The maximum atomic E-state index is 11.8. The smallest absolute Gasteiger partial charge is 0.338 e. The highest BCUT2D eigenvalue weighted by atomic mass is 16.5. The minimum atomic E-state index is -0.227. The molecule has 0 aromatic heterocycles. The molecule has 1 aromatic carbocycles. The van der Waals surface area contributed by atoms with Crippen molar-refractivity contribution in [1.82, 2.24) is 0 Å². The fourth-order valence-electron chi connectivity index (χ4n) is 3.31. The summed E-state index contributed by atoms with van der Waals surface area (Å²) in [5, 5.41) is 0. The molecule has 0 spiro atoms. The average Bonchev–Trinajstić information content (AvgIpc) is 3.00. The molecule has 0 heterocycles. The second-order valence-corrected chi connectivity index (χ2v) is 5.96. The largest absolute Gasteiger partial charge is 0.459 e. The zero-order valence-corrected chi connectivity index (χ0v) is 11.5. The van der Waals surface area contributed by atoms with Crippen molar-refractivity contribution in [2.45, 2.75) is 38.7 Å². The average molecular weight is 256 g/mol. The Morgan fingerprint density at radius 3 is 2.42 bits per heavy atom. The van der Waals surface area contributed by atoms with Gasteiger partial charge in [0, 0.05) is 0 Å². The second kappa shape index (κ2) is 4.84. The number of ether oxygens (including phenoxy) is 1. The number of allylic oxidation sites excluding steroid dienone is 2. The molecule has 3 rings (SSSR count). The van der Waals surface area contributed by atoms with E-state index in [9.17, 15) is 4.79 Å². The van der Waals surface area contributed by atoms with Crippen molar-refractivity contribution >= 4 is 5.97 Å². The van der Waals surface area contributed by atoms with E-state index in [4.69, 9.17) is 4.74 Å². The standard InChI is InChI=1S/C17H20O2/c1-11(2)19-17(18)14-7-5-13(6-8-14)16-10-12-3-4-15(16)9-12/h3-8,11-12,15-16H,9-10H2,1-2H3. The molecule has 0 radical (unpaired) electrons. The summed E-state index contributed by atoms with van der Waals surface area (Å²) in [6, 6.07) is 7.98. The van der Waals surface area contributed by atoms with Crippen LogP contribution in [0.25, 0.3) is 0 Å². The molecule has 3 unspecified atom stereocenters. The minimum absolute atomic E-state index is 0.0668. The summed E-state index contributed by atoms with van der Waals surface area (Å²) < 4.78 is 5.20. The highest BCUT2D eigenvalue weighted by Gasteiger charge is 2.36. The maximum absolute atomic E-state index is 11.8. The van der Waals surface area contributed by atoms with Crippen molar-refractivity contribution in [3.8, 4) is 0 Å². The Bertz CT molecular complexity index is 498. The minimum Gasteiger partial charge on any atom is -0.459 e. The van der Waals surface area contributed by atoms with Crippen molar-refractivity contribution in [2.75, 3.05) is 0 Å². The summed E-state index contributed by atoms with van der Waals surface area (Å²) in [5.41, 5.74) is 2.01. The molecule has 2 aliphatic rings. The van der Waals surface area contributed by atoms with Gasteiger partial charge in [-0.2, -0.15) is 0 Å². The SMILES string of the molecule is CC(C)OC(=O)c1ccc(C2CC3C=CC2C3)cc1. The summed E-state index contributed by atoms with van der Waals surface area (Å²) in [6.45, 7) is 3.74. The molecule has 1 aromatic rings. The first-order valence-electron chi connectivity index (χ1n) is 7.13. The highest BCUT2D eigenvalue weighted by molar-refractivity contribution is 5.89. The Labute approximate surface area is 114 Å². The summed E-state index contributed by atoms with van der Waals surface area (Å²) in [5.74, 6) is 1.90. The lowest BCUT2D eigenvalue weighted by molar-refractivity contribution is 0.0378. The summed E-state index contributed by atoms with van der Waals surface area (Å²) in [6.07, 6.45) is 7.22. The fraction of sp³-hybridized carbons (Fsp3) is 0.471. The number of esters is 1. The third kappa shape index (κ3) is 2.44. The van der Waals surface area contributed by atoms with E-state index in [1.54, 1.807) is 0 Å². The Hall–Kier alpha value is -1.57. The van der Waals surface area contributed by atoms with Crippen LogP contribution in [0.1, 0.15) is 48.5 Å². The number of carbonyl (C=O) groups excluding carboxylic acids is 1. The predicted molar refractivity (Wildman–Crippen MR) is 75.1 cm³/mol. The van der Waals surface area contributed by atoms with Crippen LogP contribution in [0.15, 0.2) is 36.4 Å². The van der Waals surface area contributed by atoms with Gasteiger partial charge in [0.15, 0.2) is 0 Å². The Kier molecular flexibility index (Phi) is 3.17. The number of fused-ring (bicyclic) bond motifs is 2. The van der Waals surface area contributed by atoms with Gasteiger partial charge < -0.3 is 4.74 Å². The van der Waals surface area contributed by atoms with Crippen molar-refractivity contribution in [3.05, 3.63) is 47.5 Å². The fourth-order valence-corrected chi connectivity index (χ4v) is 3.31. The summed E-state index contributed by atoms with van der Waals surface area (Å²) in [7, 11) is 0. The lowest BCUT2D eigenvalue weighted by Crippen LogP contribution is -2.12. The Morgan fingerprint density at radius 1 is 1.16 bits per heavy atom. The van der Waals surface area contributed by atoms with Crippen LogP contribution in [0, 0.1) is 11.8 Å². The molecule has 19 heavy (non-hydrogen) atoms. The predicted octanol–water partition coefficient (Wildman–Crippen LogP) is 3.93. The number of hydrogen-bond acceptors (Lipinski definition) is 2. The first kappa shape index (κ1) is 12.5. The quantitative estimate of drug-likeness (QED) is 0.605. The molecular weight excluding hydrogens is 236 g/mol. The van der Waals surface area contributed by atoms with Crippen molar-refractivity contribution < 1.29 is 9.53 Å². The topological polar surface area (TPSA) is 26.3 Å². The molecule has 2 nitrogen and oxygen atoms in total. The lowest BCUT2D eigenvalue weighted by atomic mass is 9.86. The second-order valence-electron chi connectivity index (χ2n) is 5.96. The van der Waals surface area contributed by atoms with Gasteiger partial charge in [0.05, 0.1) is 11.7 Å². The highest BCUT2D eigenvalue weighted by Crippen LogP contribution is 2.48. The van der Waals surface area contributed by atoms with Crippen LogP contribution in [-0.4, -0.2) is 12.1 Å². The van der Waals surface area contributed by atoms with Crippen LogP contribution >= 0.6 is 0 Å². The lowest BCUT2D eigenvalue weighted by Gasteiger charge is -2.18. The van der Waals surface area contributed by atoms with Gasteiger partial charge in [0.25, 0.3) is 0 Å². The van der Waals surface area contributed by atoms with Gasteiger partial charge in [-0.15, -0.1) is 0 Å². The van der Waals surface area contributed by atoms with E-state index in [0.717, 1.165) is 5.92 Å². The molecule has 0 amide bonds. The zero-order chi connectivity index (χ0) is 13.4. The monoisotopic (exact) mass is 256 g/mol. The number of rotatable bonds is 3. The molecule has 0 N–H and O–H groups in total. The number of benzene rings is 1. The van der Waals surface area contributed by atoms with Crippen LogP contribution in [0.2, 0.25) is 0 Å². The molecule has 1 fully saturated rings. The number of hydrogen-bond donors (Lipinski definition) is 0. The molecule has 2 bridgehead atoms. The van der Waals surface area contributed by atoms with Crippen molar-refractivity contribution in [2.24, 2.45) is 11.8 Å². The van der Waals surface area contributed by atoms with Gasteiger partial charge in [-0.25, -0.2) is 4.79 Å². The van der Waals surface area contributed by atoms with E-state index in [0.29, 0.717) is 17.4 Å². The summed E-state index contributed by atoms with van der Waals surface area (Å²) in [4.78, 5) is 11.8. The van der Waals surface area contributed by atoms with E-state index >= 15 is 0 Å². The Balaban J connectivity index is 1.73. The van der Waals surface area contributed by atoms with Crippen LogP contribution in [-0.2, 0) is 4.74 Å². The maximum Gasteiger partial charge on any atom is 0.338 e. The normalized spacial score (nSPS) is 28.1. The van der Waals surface area contributed by atoms with Gasteiger partial charge in [0.2, 0.25) is 0 Å². The van der Waals surface area contributed by atoms with E-state index in [1.165, 1.54) is 18.4 Å². The van der Waals surface area contributed by atoms with E-state index in [-0.39, 0.29) is 12.1 Å². The van der Waals surface area contributed by atoms with Gasteiger partial charge in [-0.05, 0) is 62.1 Å². The van der Waals surface area contributed by atoms with Gasteiger partial charge in [-0.1, -0.05) is 24.3 Å².